The summed E-state index contributed by atoms with van der Waals surface area (Å²) in [5.74, 6) is 0.584. The highest BCUT2D eigenvalue weighted by atomic mass is 16.4. The zero-order valence-electron chi connectivity index (χ0n) is 11.1. The number of hydrogen-bond acceptors (Lipinski definition) is 3. The van der Waals surface area contributed by atoms with Gasteiger partial charge in [0.2, 0.25) is 0 Å². The number of oxime groups is 1. The molecule has 1 N–H and O–H groups in total. The summed E-state index contributed by atoms with van der Waals surface area (Å²) in [5.41, 5.74) is 2.19. The van der Waals surface area contributed by atoms with Gasteiger partial charge in [-0.1, -0.05) is 5.16 Å². The van der Waals surface area contributed by atoms with Gasteiger partial charge < -0.3 is 15.0 Å². The summed E-state index contributed by atoms with van der Waals surface area (Å²) in [5, 5.41) is 12.3. The Hall–Kier alpha value is -1.71. The smallest absolute Gasteiger partial charge is 0.174 e. The van der Waals surface area contributed by atoms with Crippen molar-refractivity contribution in [2.24, 2.45) is 5.16 Å². The van der Waals surface area contributed by atoms with Crippen LogP contribution in [0.3, 0.4) is 0 Å². The Morgan fingerprint density at radius 1 is 1.11 bits per heavy atom. The second kappa shape index (κ2) is 5.76. The van der Waals surface area contributed by atoms with Gasteiger partial charge in [0.1, 0.15) is 0 Å². The molecule has 1 saturated heterocycles. The summed E-state index contributed by atoms with van der Waals surface area (Å²) in [6.07, 6.45) is 3.90. The Balaban J connectivity index is 2.14. The molecule has 0 aromatic heterocycles. The second-order valence-electron chi connectivity index (χ2n) is 4.91. The molecular formula is C14H21N3O. The summed E-state index contributed by atoms with van der Waals surface area (Å²) in [6, 6.07) is 8.24. The monoisotopic (exact) mass is 247 g/mol. The van der Waals surface area contributed by atoms with Crippen molar-refractivity contribution in [2.75, 3.05) is 32.1 Å². The van der Waals surface area contributed by atoms with Crippen LogP contribution in [0.4, 0.5) is 5.69 Å². The van der Waals surface area contributed by atoms with E-state index in [1.807, 2.05) is 26.2 Å². The fraction of sp³-hybridized carbons (Fsp3) is 0.500. The molecule has 18 heavy (non-hydrogen) atoms. The average Bonchev–Trinajstić information content (AvgIpc) is 2.41. The van der Waals surface area contributed by atoms with Crippen molar-refractivity contribution in [3.8, 4) is 0 Å². The maximum Gasteiger partial charge on any atom is 0.174 e. The predicted octanol–water partition coefficient (Wildman–Crippen LogP) is 2.37. The van der Waals surface area contributed by atoms with Crippen LogP contribution in [0.15, 0.2) is 29.4 Å². The molecule has 4 heteroatoms. The van der Waals surface area contributed by atoms with E-state index in [0.717, 1.165) is 18.7 Å². The molecule has 0 aliphatic carbocycles. The molecule has 2 rings (SSSR count). The Bertz CT molecular complexity index is 406. The normalized spacial score (nSPS) is 16.8. The van der Waals surface area contributed by atoms with E-state index >= 15 is 0 Å². The largest absolute Gasteiger partial charge is 0.409 e. The van der Waals surface area contributed by atoms with Crippen LogP contribution in [-0.2, 0) is 0 Å². The summed E-state index contributed by atoms with van der Waals surface area (Å²) >= 11 is 0. The van der Waals surface area contributed by atoms with Crippen molar-refractivity contribution in [3.63, 3.8) is 0 Å². The fourth-order valence-corrected chi connectivity index (χ4v) is 2.38. The van der Waals surface area contributed by atoms with Crippen LogP contribution in [0.25, 0.3) is 0 Å². The van der Waals surface area contributed by atoms with Crippen LogP contribution in [-0.4, -0.2) is 43.1 Å². The van der Waals surface area contributed by atoms with Crippen molar-refractivity contribution in [2.45, 2.75) is 19.3 Å². The van der Waals surface area contributed by atoms with E-state index in [0.29, 0.717) is 5.84 Å². The Morgan fingerprint density at radius 2 is 1.72 bits per heavy atom. The van der Waals surface area contributed by atoms with E-state index in [4.69, 9.17) is 5.21 Å². The van der Waals surface area contributed by atoms with Crippen LogP contribution in [0.5, 0.6) is 0 Å². The standard InChI is InChI=1S/C14H21N3O/c1-16(2)14(15-18)12-6-8-13(9-7-12)17-10-4-3-5-11-17/h6-9,18H,3-5,10-11H2,1-2H3. The lowest BCUT2D eigenvalue weighted by atomic mass is 10.1. The molecule has 0 radical (unpaired) electrons. The van der Waals surface area contributed by atoms with Crippen LogP contribution >= 0.6 is 0 Å². The van der Waals surface area contributed by atoms with Gasteiger partial charge in [-0.05, 0) is 43.5 Å². The highest BCUT2D eigenvalue weighted by molar-refractivity contribution is 5.98. The average molecular weight is 247 g/mol. The molecule has 0 amide bonds. The molecule has 0 bridgehead atoms. The van der Waals surface area contributed by atoms with E-state index in [1.165, 1.54) is 24.9 Å². The van der Waals surface area contributed by atoms with Crippen molar-refractivity contribution >= 4 is 11.5 Å². The molecule has 1 aromatic carbocycles. The Labute approximate surface area is 109 Å². The number of hydrogen-bond donors (Lipinski definition) is 1. The highest BCUT2D eigenvalue weighted by Crippen LogP contribution is 2.20. The quantitative estimate of drug-likeness (QED) is 0.377. The molecule has 1 aromatic rings. The molecular weight excluding hydrogens is 226 g/mol. The third-order valence-electron chi connectivity index (χ3n) is 3.37. The van der Waals surface area contributed by atoms with Gasteiger partial charge in [-0.3, -0.25) is 0 Å². The number of amidine groups is 1. The molecule has 0 unspecified atom stereocenters. The molecule has 4 nitrogen and oxygen atoms in total. The Morgan fingerprint density at radius 3 is 2.22 bits per heavy atom. The summed E-state index contributed by atoms with van der Waals surface area (Å²) in [4.78, 5) is 4.22. The third kappa shape index (κ3) is 2.75. The van der Waals surface area contributed by atoms with Crippen LogP contribution in [0, 0.1) is 0 Å². The van der Waals surface area contributed by atoms with Gasteiger partial charge >= 0.3 is 0 Å². The van der Waals surface area contributed by atoms with Crippen LogP contribution < -0.4 is 4.90 Å². The molecule has 98 valence electrons. The highest BCUT2D eigenvalue weighted by Gasteiger charge is 2.12. The topological polar surface area (TPSA) is 39.1 Å². The van der Waals surface area contributed by atoms with E-state index < -0.39 is 0 Å². The lowest BCUT2D eigenvalue weighted by Gasteiger charge is -2.29. The van der Waals surface area contributed by atoms with Gasteiger partial charge in [-0.2, -0.15) is 0 Å². The molecule has 1 fully saturated rings. The first-order valence-electron chi connectivity index (χ1n) is 6.47. The van der Waals surface area contributed by atoms with E-state index in [9.17, 15) is 0 Å². The lowest BCUT2D eigenvalue weighted by molar-refractivity contribution is 0.310. The predicted molar refractivity (Wildman–Crippen MR) is 74.5 cm³/mol. The van der Waals surface area contributed by atoms with Gasteiger partial charge in [0, 0.05) is 38.4 Å². The third-order valence-corrected chi connectivity index (χ3v) is 3.37. The van der Waals surface area contributed by atoms with Gasteiger partial charge in [0.15, 0.2) is 5.84 Å². The van der Waals surface area contributed by atoms with Crippen molar-refractivity contribution in [3.05, 3.63) is 29.8 Å². The first kappa shape index (κ1) is 12.7. The number of nitrogens with zero attached hydrogens (tertiary/aromatic N) is 3. The first-order valence-corrected chi connectivity index (χ1v) is 6.47. The van der Waals surface area contributed by atoms with Crippen molar-refractivity contribution in [1.29, 1.82) is 0 Å². The lowest BCUT2D eigenvalue weighted by Crippen LogP contribution is -2.29. The van der Waals surface area contributed by atoms with Gasteiger partial charge in [-0.15, -0.1) is 0 Å². The van der Waals surface area contributed by atoms with Gasteiger partial charge in [0.25, 0.3) is 0 Å². The van der Waals surface area contributed by atoms with E-state index in [-0.39, 0.29) is 0 Å². The maximum absolute atomic E-state index is 9.00. The first-order chi connectivity index (χ1) is 8.72. The molecule has 0 atom stereocenters. The molecule has 0 saturated carbocycles. The van der Waals surface area contributed by atoms with E-state index in [1.54, 1.807) is 4.90 Å². The minimum absolute atomic E-state index is 0.584. The maximum atomic E-state index is 9.00. The molecule has 1 heterocycles. The zero-order valence-corrected chi connectivity index (χ0v) is 11.1. The van der Waals surface area contributed by atoms with Crippen LogP contribution in [0.1, 0.15) is 24.8 Å². The van der Waals surface area contributed by atoms with Crippen molar-refractivity contribution in [1.82, 2.24) is 4.90 Å². The molecule has 1 aliphatic rings. The fourth-order valence-electron chi connectivity index (χ4n) is 2.38. The van der Waals surface area contributed by atoms with Gasteiger partial charge in [-0.25, -0.2) is 0 Å². The minimum Gasteiger partial charge on any atom is -0.409 e. The summed E-state index contributed by atoms with van der Waals surface area (Å²) in [7, 11) is 3.74. The van der Waals surface area contributed by atoms with Crippen LogP contribution in [0.2, 0.25) is 0 Å². The van der Waals surface area contributed by atoms with Crippen molar-refractivity contribution < 1.29 is 5.21 Å². The number of benzene rings is 1. The SMILES string of the molecule is CN(C)C(=NO)c1ccc(N2CCCCC2)cc1. The summed E-state index contributed by atoms with van der Waals surface area (Å²) < 4.78 is 0. The number of rotatable bonds is 2. The number of anilines is 1. The zero-order chi connectivity index (χ0) is 13.0. The minimum atomic E-state index is 0.584. The molecule has 0 spiro atoms. The number of piperidine rings is 1. The van der Waals surface area contributed by atoms with E-state index in [2.05, 4.69) is 22.2 Å². The molecule has 1 aliphatic heterocycles. The summed E-state index contributed by atoms with van der Waals surface area (Å²) in [6.45, 7) is 2.29. The Kier molecular flexibility index (Phi) is 4.07. The van der Waals surface area contributed by atoms with Gasteiger partial charge in [0.05, 0.1) is 0 Å². The second-order valence-corrected chi connectivity index (χ2v) is 4.91.